The first kappa shape index (κ1) is 17.9. The Bertz CT molecular complexity index is 825. The van der Waals surface area contributed by atoms with E-state index in [0.29, 0.717) is 25.8 Å². The number of furan rings is 1. The number of halogens is 1. The van der Waals surface area contributed by atoms with Crippen LogP contribution in [0.1, 0.15) is 35.6 Å². The normalized spacial score (nSPS) is 12.1. The Labute approximate surface area is 151 Å². The molecule has 26 heavy (non-hydrogen) atoms. The van der Waals surface area contributed by atoms with Crippen molar-refractivity contribution in [3.05, 3.63) is 77.8 Å². The van der Waals surface area contributed by atoms with Gasteiger partial charge in [0.05, 0.1) is 12.5 Å². The van der Waals surface area contributed by atoms with E-state index in [-0.39, 0.29) is 17.6 Å². The van der Waals surface area contributed by atoms with Gasteiger partial charge in [0.1, 0.15) is 11.6 Å². The highest BCUT2D eigenvalue weighted by Crippen LogP contribution is 2.28. The lowest BCUT2D eigenvalue weighted by atomic mass is 9.93. The summed E-state index contributed by atoms with van der Waals surface area (Å²) < 4.78 is 20.4. The van der Waals surface area contributed by atoms with Crippen LogP contribution in [0.3, 0.4) is 0 Å². The number of amides is 1. The average molecular weight is 355 g/mol. The zero-order valence-electron chi connectivity index (χ0n) is 14.7. The zero-order chi connectivity index (χ0) is 18.4. The number of aryl methyl sites for hydroxylation is 2. The van der Waals surface area contributed by atoms with Gasteiger partial charge in [-0.1, -0.05) is 12.1 Å². The van der Waals surface area contributed by atoms with Crippen molar-refractivity contribution in [3.63, 3.8) is 0 Å². The molecule has 0 radical (unpaired) electrons. The zero-order valence-corrected chi connectivity index (χ0v) is 14.7. The SMILES string of the molecule is Cn1cc(CCC(=O)NCCC(c2ccc(F)cc2)c2ccco2)cn1. The number of carbonyl (C=O) groups excluding carboxylic acids is 1. The molecule has 5 nitrogen and oxygen atoms in total. The van der Waals surface area contributed by atoms with Crippen LogP contribution >= 0.6 is 0 Å². The fourth-order valence-electron chi connectivity index (χ4n) is 2.96. The topological polar surface area (TPSA) is 60.1 Å². The summed E-state index contributed by atoms with van der Waals surface area (Å²) in [6.45, 7) is 0.522. The molecule has 3 aromatic rings. The van der Waals surface area contributed by atoms with Crippen molar-refractivity contribution in [1.29, 1.82) is 0 Å². The van der Waals surface area contributed by atoms with Crippen molar-refractivity contribution in [2.45, 2.75) is 25.2 Å². The second kappa shape index (κ2) is 8.47. The predicted molar refractivity (Wildman–Crippen MR) is 96.1 cm³/mol. The molecule has 0 saturated carbocycles. The minimum absolute atomic E-state index is 0.00570. The maximum atomic E-state index is 13.2. The van der Waals surface area contributed by atoms with Crippen LogP contribution < -0.4 is 5.32 Å². The maximum Gasteiger partial charge on any atom is 0.220 e. The molecule has 0 spiro atoms. The van der Waals surface area contributed by atoms with Gasteiger partial charge in [-0.15, -0.1) is 0 Å². The van der Waals surface area contributed by atoms with E-state index in [1.807, 2.05) is 25.4 Å². The Morgan fingerprint density at radius 2 is 2.12 bits per heavy atom. The van der Waals surface area contributed by atoms with Crippen molar-refractivity contribution in [1.82, 2.24) is 15.1 Å². The Morgan fingerprint density at radius 1 is 1.31 bits per heavy atom. The Kier molecular flexibility index (Phi) is 5.84. The lowest BCUT2D eigenvalue weighted by Crippen LogP contribution is -2.26. The van der Waals surface area contributed by atoms with Crippen LogP contribution in [0.4, 0.5) is 4.39 Å². The molecule has 1 atom stereocenters. The van der Waals surface area contributed by atoms with E-state index in [0.717, 1.165) is 16.9 Å². The van der Waals surface area contributed by atoms with Crippen LogP contribution in [-0.2, 0) is 18.3 Å². The van der Waals surface area contributed by atoms with Gasteiger partial charge in [0.2, 0.25) is 5.91 Å². The Morgan fingerprint density at radius 3 is 2.77 bits per heavy atom. The number of nitrogens with one attached hydrogen (secondary N) is 1. The first-order chi connectivity index (χ1) is 12.6. The predicted octanol–water partition coefficient (Wildman–Crippen LogP) is 3.42. The molecular formula is C20H22FN3O2. The summed E-state index contributed by atoms with van der Waals surface area (Å²) in [5.74, 6) is 0.521. The van der Waals surface area contributed by atoms with Gasteiger partial charge in [-0.05, 0) is 48.2 Å². The molecule has 3 rings (SSSR count). The first-order valence-corrected chi connectivity index (χ1v) is 8.65. The van der Waals surface area contributed by atoms with Crippen LogP contribution in [0.5, 0.6) is 0 Å². The van der Waals surface area contributed by atoms with Crippen molar-refractivity contribution < 1.29 is 13.6 Å². The van der Waals surface area contributed by atoms with Gasteiger partial charge >= 0.3 is 0 Å². The smallest absolute Gasteiger partial charge is 0.220 e. The molecule has 2 heterocycles. The van der Waals surface area contributed by atoms with E-state index >= 15 is 0 Å². The minimum atomic E-state index is -0.268. The first-order valence-electron chi connectivity index (χ1n) is 8.65. The quantitative estimate of drug-likeness (QED) is 0.673. The van der Waals surface area contributed by atoms with Gasteiger partial charge in [-0.2, -0.15) is 5.10 Å². The highest BCUT2D eigenvalue weighted by Gasteiger charge is 2.17. The lowest BCUT2D eigenvalue weighted by molar-refractivity contribution is -0.121. The van der Waals surface area contributed by atoms with E-state index < -0.39 is 0 Å². The highest BCUT2D eigenvalue weighted by atomic mass is 19.1. The van der Waals surface area contributed by atoms with Crippen LogP contribution in [0.25, 0.3) is 0 Å². The van der Waals surface area contributed by atoms with Crippen LogP contribution in [-0.4, -0.2) is 22.2 Å². The van der Waals surface area contributed by atoms with E-state index in [1.165, 1.54) is 12.1 Å². The van der Waals surface area contributed by atoms with Gasteiger partial charge in [0, 0.05) is 32.1 Å². The number of hydrogen-bond acceptors (Lipinski definition) is 3. The van der Waals surface area contributed by atoms with Crippen molar-refractivity contribution in [3.8, 4) is 0 Å². The Balaban J connectivity index is 1.53. The molecule has 0 aliphatic carbocycles. The van der Waals surface area contributed by atoms with Gasteiger partial charge in [-0.25, -0.2) is 4.39 Å². The monoisotopic (exact) mass is 355 g/mol. The van der Waals surface area contributed by atoms with Gasteiger partial charge in [-0.3, -0.25) is 9.48 Å². The molecule has 1 aromatic carbocycles. The van der Waals surface area contributed by atoms with E-state index in [4.69, 9.17) is 4.42 Å². The summed E-state index contributed by atoms with van der Waals surface area (Å²) >= 11 is 0. The third-order valence-corrected chi connectivity index (χ3v) is 4.31. The summed E-state index contributed by atoms with van der Waals surface area (Å²) in [4.78, 5) is 12.1. The molecule has 0 saturated heterocycles. The molecule has 1 N–H and O–H groups in total. The lowest BCUT2D eigenvalue weighted by Gasteiger charge is -2.15. The summed E-state index contributed by atoms with van der Waals surface area (Å²) in [6, 6.07) is 10.1. The van der Waals surface area contributed by atoms with E-state index in [1.54, 1.807) is 29.3 Å². The number of benzene rings is 1. The number of aromatic nitrogens is 2. The van der Waals surface area contributed by atoms with E-state index in [2.05, 4.69) is 10.4 Å². The molecule has 1 amide bonds. The number of carbonyl (C=O) groups is 1. The second-order valence-corrected chi connectivity index (χ2v) is 6.28. The summed E-state index contributed by atoms with van der Waals surface area (Å²) in [5.41, 5.74) is 2.01. The highest BCUT2D eigenvalue weighted by molar-refractivity contribution is 5.76. The number of nitrogens with zero attached hydrogens (tertiary/aromatic N) is 2. The van der Waals surface area contributed by atoms with Crippen molar-refractivity contribution >= 4 is 5.91 Å². The van der Waals surface area contributed by atoms with Crippen LogP contribution in [0.15, 0.2) is 59.5 Å². The molecule has 6 heteroatoms. The third kappa shape index (κ3) is 4.81. The molecule has 0 aliphatic rings. The number of rotatable bonds is 8. The summed E-state index contributed by atoms with van der Waals surface area (Å²) in [7, 11) is 1.85. The van der Waals surface area contributed by atoms with Gasteiger partial charge in [0.25, 0.3) is 0 Å². The van der Waals surface area contributed by atoms with Gasteiger partial charge < -0.3 is 9.73 Å². The van der Waals surface area contributed by atoms with Crippen molar-refractivity contribution in [2.24, 2.45) is 7.05 Å². The Hall–Kier alpha value is -2.89. The minimum Gasteiger partial charge on any atom is -0.469 e. The second-order valence-electron chi connectivity index (χ2n) is 6.28. The van der Waals surface area contributed by atoms with Crippen LogP contribution in [0, 0.1) is 5.82 Å². The largest absolute Gasteiger partial charge is 0.469 e. The van der Waals surface area contributed by atoms with Gasteiger partial charge in [0.15, 0.2) is 0 Å². The average Bonchev–Trinajstić information content (AvgIpc) is 3.30. The molecule has 2 aromatic heterocycles. The maximum absolute atomic E-state index is 13.2. The fourth-order valence-corrected chi connectivity index (χ4v) is 2.96. The van der Waals surface area contributed by atoms with E-state index in [9.17, 15) is 9.18 Å². The molecule has 1 unspecified atom stereocenters. The van der Waals surface area contributed by atoms with Crippen molar-refractivity contribution in [2.75, 3.05) is 6.54 Å². The molecule has 0 bridgehead atoms. The molecule has 0 fully saturated rings. The standard InChI is InChI=1S/C20H22FN3O2/c1-24-14-15(13-23-24)4-9-20(25)22-11-10-18(19-3-2-12-26-19)16-5-7-17(21)8-6-16/h2-3,5-8,12-14,18H,4,9-11H2,1H3,(H,22,25). The fraction of sp³-hybridized carbons (Fsp3) is 0.300. The third-order valence-electron chi connectivity index (χ3n) is 4.31. The summed E-state index contributed by atoms with van der Waals surface area (Å²) in [5, 5.41) is 7.05. The summed E-state index contributed by atoms with van der Waals surface area (Å²) in [6.07, 6.45) is 7.08. The van der Waals surface area contributed by atoms with Crippen LogP contribution in [0.2, 0.25) is 0 Å². The molecule has 136 valence electrons. The molecule has 0 aliphatic heterocycles. The number of hydrogen-bond donors (Lipinski definition) is 1. The molecular weight excluding hydrogens is 333 g/mol.